The Kier molecular flexibility index (Phi) is 4.93. The molecule has 1 heterocycles. The van der Waals surface area contributed by atoms with E-state index in [4.69, 9.17) is 32.4 Å². The molecule has 0 saturated heterocycles. The molecule has 5 heteroatoms. The van der Waals surface area contributed by atoms with E-state index in [1.54, 1.807) is 24.5 Å². The Bertz CT molecular complexity index is 486. The molecule has 0 unspecified atom stereocenters. The molecule has 0 spiro atoms. The number of rotatable bonds is 6. The van der Waals surface area contributed by atoms with Crippen molar-refractivity contribution < 1.29 is 9.15 Å². The van der Waals surface area contributed by atoms with Gasteiger partial charge in [0.05, 0.1) is 22.9 Å². The molecule has 0 atom stereocenters. The molecule has 0 aliphatic heterocycles. The normalized spacial score (nSPS) is 10.6. The number of benzene rings is 1. The van der Waals surface area contributed by atoms with E-state index in [1.807, 2.05) is 12.1 Å². The van der Waals surface area contributed by atoms with Gasteiger partial charge in [-0.25, -0.2) is 0 Å². The predicted molar refractivity (Wildman–Crippen MR) is 72.4 cm³/mol. The largest absolute Gasteiger partial charge is 0.492 e. The van der Waals surface area contributed by atoms with Gasteiger partial charge in [0.25, 0.3) is 0 Å². The van der Waals surface area contributed by atoms with E-state index < -0.39 is 0 Å². The van der Waals surface area contributed by atoms with E-state index >= 15 is 0 Å². The second-order valence-corrected chi connectivity index (χ2v) is 4.49. The lowest BCUT2D eigenvalue weighted by molar-refractivity contribution is 0.311. The van der Waals surface area contributed by atoms with E-state index in [-0.39, 0.29) is 0 Å². The van der Waals surface area contributed by atoms with Crippen molar-refractivity contribution in [2.75, 3.05) is 13.2 Å². The molecular formula is C13H13Cl2NO2. The smallest absolute Gasteiger partial charge is 0.120 e. The SMILES string of the molecule is Clc1ccc(OCCNCc2ccco2)cc1Cl. The monoisotopic (exact) mass is 285 g/mol. The predicted octanol–water partition coefficient (Wildman–Crippen LogP) is 3.76. The molecule has 0 saturated carbocycles. The van der Waals surface area contributed by atoms with Crippen molar-refractivity contribution in [3.05, 3.63) is 52.4 Å². The third-order valence-corrected chi connectivity index (χ3v) is 3.06. The number of ether oxygens (including phenoxy) is 1. The highest BCUT2D eigenvalue weighted by molar-refractivity contribution is 6.42. The molecule has 2 rings (SSSR count). The molecule has 1 aromatic heterocycles. The van der Waals surface area contributed by atoms with Crippen LogP contribution < -0.4 is 10.1 Å². The van der Waals surface area contributed by atoms with Crippen molar-refractivity contribution in [3.63, 3.8) is 0 Å². The van der Waals surface area contributed by atoms with Crippen molar-refractivity contribution >= 4 is 23.2 Å². The van der Waals surface area contributed by atoms with Gasteiger partial charge in [-0.1, -0.05) is 23.2 Å². The van der Waals surface area contributed by atoms with Crippen LogP contribution in [0.2, 0.25) is 10.0 Å². The Hall–Kier alpha value is -1.16. The van der Waals surface area contributed by atoms with Crippen LogP contribution in [0, 0.1) is 0 Å². The standard InChI is InChI=1S/C13H13Cl2NO2/c14-12-4-3-10(8-13(12)15)18-7-5-16-9-11-2-1-6-17-11/h1-4,6,8,16H,5,7,9H2. The lowest BCUT2D eigenvalue weighted by atomic mass is 10.3. The van der Waals surface area contributed by atoms with Crippen molar-refractivity contribution in [2.24, 2.45) is 0 Å². The van der Waals surface area contributed by atoms with Gasteiger partial charge >= 0.3 is 0 Å². The maximum Gasteiger partial charge on any atom is 0.120 e. The highest BCUT2D eigenvalue weighted by Gasteiger charge is 2.00. The lowest BCUT2D eigenvalue weighted by Gasteiger charge is -2.07. The first-order valence-electron chi connectivity index (χ1n) is 5.56. The van der Waals surface area contributed by atoms with Gasteiger partial charge in [-0.3, -0.25) is 0 Å². The average Bonchev–Trinajstić information content (AvgIpc) is 2.86. The summed E-state index contributed by atoms with van der Waals surface area (Å²) < 4.78 is 10.7. The summed E-state index contributed by atoms with van der Waals surface area (Å²) >= 11 is 11.7. The molecule has 0 bridgehead atoms. The maximum absolute atomic E-state index is 5.88. The Morgan fingerprint density at radius 3 is 2.78 bits per heavy atom. The minimum absolute atomic E-state index is 0.498. The summed E-state index contributed by atoms with van der Waals surface area (Å²) in [6.45, 7) is 1.97. The van der Waals surface area contributed by atoms with Crippen LogP contribution in [0.1, 0.15) is 5.76 Å². The fourth-order valence-electron chi connectivity index (χ4n) is 1.43. The Balaban J connectivity index is 1.67. The van der Waals surface area contributed by atoms with E-state index in [1.165, 1.54) is 0 Å². The van der Waals surface area contributed by atoms with Gasteiger partial charge in [-0.2, -0.15) is 0 Å². The molecule has 3 nitrogen and oxygen atoms in total. The number of hydrogen-bond acceptors (Lipinski definition) is 3. The van der Waals surface area contributed by atoms with Crippen LogP contribution in [0.3, 0.4) is 0 Å². The molecule has 18 heavy (non-hydrogen) atoms. The number of halogens is 2. The molecule has 0 aliphatic rings. The van der Waals surface area contributed by atoms with Gasteiger partial charge in [0.1, 0.15) is 18.1 Å². The van der Waals surface area contributed by atoms with E-state index in [0.717, 1.165) is 12.3 Å². The number of nitrogens with one attached hydrogen (secondary N) is 1. The quantitative estimate of drug-likeness (QED) is 0.821. The highest BCUT2D eigenvalue weighted by Crippen LogP contribution is 2.26. The third kappa shape index (κ3) is 3.95. The molecule has 0 amide bonds. The van der Waals surface area contributed by atoms with E-state index in [0.29, 0.717) is 28.9 Å². The van der Waals surface area contributed by atoms with Gasteiger partial charge in [-0.15, -0.1) is 0 Å². The molecule has 1 aromatic carbocycles. The van der Waals surface area contributed by atoms with Gasteiger partial charge in [0, 0.05) is 12.6 Å². The summed E-state index contributed by atoms with van der Waals surface area (Å²) in [6, 6.07) is 9.00. The first-order chi connectivity index (χ1) is 8.75. The summed E-state index contributed by atoms with van der Waals surface area (Å²) in [7, 11) is 0. The fourth-order valence-corrected chi connectivity index (χ4v) is 1.72. The zero-order valence-corrected chi connectivity index (χ0v) is 11.2. The summed E-state index contributed by atoms with van der Waals surface area (Å²) in [5, 5.41) is 4.23. The van der Waals surface area contributed by atoms with Crippen molar-refractivity contribution in [2.45, 2.75) is 6.54 Å². The molecule has 96 valence electrons. The number of furan rings is 1. The van der Waals surface area contributed by atoms with Crippen LogP contribution in [-0.2, 0) is 6.54 Å². The first-order valence-corrected chi connectivity index (χ1v) is 6.32. The Morgan fingerprint density at radius 1 is 1.17 bits per heavy atom. The fraction of sp³-hybridized carbons (Fsp3) is 0.231. The lowest BCUT2D eigenvalue weighted by Crippen LogP contribution is -2.20. The topological polar surface area (TPSA) is 34.4 Å². The van der Waals surface area contributed by atoms with Gasteiger partial charge < -0.3 is 14.5 Å². The summed E-state index contributed by atoms with van der Waals surface area (Å²) in [5.74, 6) is 1.62. The third-order valence-electron chi connectivity index (χ3n) is 2.32. The van der Waals surface area contributed by atoms with Crippen LogP contribution >= 0.6 is 23.2 Å². The van der Waals surface area contributed by atoms with Crippen LogP contribution in [0.4, 0.5) is 0 Å². The highest BCUT2D eigenvalue weighted by atomic mass is 35.5. The molecule has 2 aromatic rings. The van der Waals surface area contributed by atoms with Crippen LogP contribution in [-0.4, -0.2) is 13.2 Å². The van der Waals surface area contributed by atoms with Crippen molar-refractivity contribution in [3.8, 4) is 5.75 Å². The van der Waals surface area contributed by atoms with Crippen LogP contribution in [0.15, 0.2) is 41.0 Å². The summed E-state index contributed by atoms with van der Waals surface area (Å²) in [5.41, 5.74) is 0. The van der Waals surface area contributed by atoms with Gasteiger partial charge in [-0.05, 0) is 24.3 Å². The molecule has 0 radical (unpaired) electrons. The van der Waals surface area contributed by atoms with E-state index in [9.17, 15) is 0 Å². The molecular weight excluding hydrogens is 273 g/mol. The Morgan fingerprint density at radius 2 is 2.06 bits per heavy atom. The Labute approximate surface area is 116 Å². The zero-order valence-electron chi connectivity index (χ0n) is 9.66. The second-order valence-electron chi connectivity index (χ2n) is 3.68. The first kappa shape index (κ1) is 13.3. The zero-order chi connectivity index (χ0) is 12.8. The molecule has 1 N–H and O–H groups in total. The summed E-state index contributed by atoms with van der Waals surface area (Å²) in [6.07, 6.45) is 1.66. The van der Waals surface area contributed by atoms with Gasteiger partial charge in [0.2, 0.25) is 0 Å². The maximum atomic E-state index is 5.88. The number of hydrogen-bond donors (Lipinski definition) is 1. The minimum Gasteiger partial charge on any atom is -0.492 e. The van der Waals surface area contributed by atoms with Crippen LogP contribution in [0.5, 0.6) is 5.75 Å². The summed E-state index contributed by atoms with van der Waals surface area (Å²) in [4.78, 5) is 0. The molecule has 0 fully saturated rings. The van der Waals surface area contributed by atoms with Crippen molar-refractivity contribution in [1.29, 1.82) is 0 Å². The van der Waals surface area contributed by atoms with Gasteiger partial charge in [0.15, 0.2) is 0 Å². The van der Waals surface area contributed by atoms with Crippen molar-refractivity contribution in [1.82, 2.24) is 5.32 Å². The van der Waals surface area contributed by atoms with Crippen LogP contribution in [0.25, 0.3) is 0 Å². The average molecular weight is 286 g/mol. The second kappa shape index (κ2) is 6.69. The van der Waals surface area contributed by atoms with E-state index in [2.05, 4.69) is 5.32 Å². The minimum atomic E-state index is 0.498. The molecule has 0 aliphatic carbocycles.